The molecule has 0 spiro atoms. The van der Waals surface area contributed by atoms with E-state index in [-0.39, 0.29) is 28.4 Å². The first-order valence-electron chi connectivity index (χ1n) is 10.4. The van der Waals surface area contributed by atoms with E-state index in [0.29, 0.717) is 28.8 Å². The topological polar surface area (TPSA) is 73.1 Å². The van der Waals surface area contributed by atoms with E-state index in [1.54, 1.807) is 10.6 Å². The quantitative estimate of drug-likeness (QED) is 0.531. The summed E-state index contributed by atoms with van der Waals surface area (Å²) in [4.78, 5) is 28.7. The third kappa shape index (κ3) is 4.77. The molecule has 164 valence electrons. The van der Waals surface area contributed by atoms with Crippen molar-refractivity contribution in [2.75, 3.05) is 13.1 Å². The largest absolute Gasteiger partial charge is 0.434 e. The highest BCUT2D eigenvalue weighted by Crippen LogP contribution is 2.26. The van der Waals surface area contributed by atoms with E-state index in [1.165, 1.54) is 18.3 Å². The van der Waals surface area contributed by atoms with Crippen LogP contribution in [0.25, 0.3) is 11.2 Å². The molecule has 0 radical (unpaired) electrons. The van der Waals surface area contributed by atoms with E-state index >= 15 is 0 Å². The summed E-state index contributed by atoms with van der Waals surface area (Å²) in [6, 6.07) is 4.93. The van der Waals surface area contributed by atoms with E-state index < -0.39 is 5.82 Å². The number of halogens is 2. The van der Waals surface area contributed by atoms with Crippen LogP contribution < -0.4 is 10.3 Å². The van der Waals surface area contributed by atoms with E-state index in [2.05, 4.69) is 49.6 Å². The average Bonchev–Trinajstić information content (AvgIpc) is 2.74. The second kappa shape index (κ2) is 9.00. The minimum Gasteiger partial charge on any atom is -0.434 e. The molecule has 31 heavy (non-hydrogen) atoms. The molecule has 1 aromatic carbocycles. The molecule has 3 aromatic rings. The number of rotatable bonds is 5. The highest BCUT2D eigenvalue weighted by atomic mass is 79.9. The summed E-state index contributed by atoms with van der Waals surface area (Å²) in [6.45, 7) is 8.85. The number of ether oxygens (including phenoxy) is 1. The Hall–Kier alpha value is -2.39. The number of aryl methyl sites for hydroxylation is 1. The Morgan fingerprint density at radius 2 is 2.13 bits per heavy atom. The number of hydrogen-bond donors (Lipinski definition) is 0. The van der Waals surface area contributed by atoms with Crippen molar-refractivity contribution >= 4 is 27.1 Å². The third-order valence-corrected chi connectivity index (χ3v) is 6.16. The van der Waals surface area contributed by atoms with Gasteiger partial charge in [-0.3, -0.25) is 9.36 Å². The summed E-state index contributed by atoms with van der Waals surface area (Å²) in [5.74, 6) is 0.500. The number of hydrogen-bond acceptors (Lipinski definition) is 6. The van der Waals surface area contributed by atoms with Gasteiger partial charge in [0.05, 0.1) is 6.20 Å². The number of nitrogens with zero attached hydrogens (tertiary/aromatic N) is 5. The van der Waals surface area contributed by atoms with Gasteiger partial charge in [0.2, 0.25) is 5.88 Å². The molecule has 1 aliphatic heterocycles. The molecule has 2 aromatic heterocycles. The number of piperidine rings is 1. The highest BCUT2D eigenvalue weighted by molar-refractivity contribution is 9.10. The summed E-state index contributed by atoms with van der Waals surface area (Å²) in [5.41, 5.74) is 0.130. The zero-order valence-electron chi connectivity index (χ0n) is 17.8. The lowest BCUT2D eigenvalue weighted by Gasteiger charge is -2.35. The summed E-state index contributed by atoms with van der Waals surface area (Å²) in [5, 5.41) is 0. The summed E-state index contributed by atoms with van der Waals surface area (Å²) >= 11 is 3.21. The maximum Gasteiger partial charge on any atom is 0.281 e. The number of aromatic nitrogens is 4. The molecule has 3 heterocycles. The lowest BCUT2D eigenvalue weighted by molar-refractivity contribution is 0.129. The van der Waals surface area contributed by atoms with Gasteiger partial charge in [-0.25, -0.2) is 19.3 Å². The predicted octanol–water partition coefficient (Wildman–Crippen LogP) is 4.31. The Labute approximate surface area is 188 Å². The molecule has 0 saturated carbocycles. The fourth-order valence-electron chi connectivity index (χ4n) is 3.99. The molecule has 0 bridgehead atoms. The summed E-state index contributed by atoms with van der Waals surface area (Å²) < 4.78 is 21.9. The SMILES string of the molecule is Cc1nc2ncc(Oc3ccc(Br)cc3F)nc2c(=O)n1C[C@H]1CCCN(C(C)C)C1. The number of fused-ring (bicyclic) bond motifs is 1. The van der Waals surface area contributed by atoms with Gasteiger partial charge < -0.3 is 9.64 Å². The van der Waals surface area contributed by atoms with Gasteiger partial charge >= 0.3 is 0 Å². The first-order chi connectivity index (χ1) is 14.8. The van der Waals surface area contributed by atoms with Crippen LogP contribution >= 0.6 is 15.9 Å². The van der Waals surface area contributed by atoms with Gasteiger partial charge in [0.25, 0.3) is 5.56 Å². The van der Waals surface area contributed by atoms with Crippen LogP contribution in [0.1, 0.15) is 32.5 Å². The van der Waals surface area contributed by atoms with Crippen molar-refractivity contribution in [1.82, 2.24) is 24.4 Å². The van der Waals surface area contributed by atoms with Crippen LogP contribution in [0, 0.1) is 18.7 Å². The molecule has 1 saturated heterocycles. The van der Waals surface area contributed by atoms with Gasteiger partial charge in [-0.2, -0.15) is 0 Å². The van der Waals surface area contributed by atoms with Crippen molar-refractivity contribution in [2.45, 2.75) is 46.2 Å². The van der Waals surface area contributed by atoms with Gasteiger partial charge in [-0.05, 0) is 64.3 Å². The van der Waals surface area contributed by atoms with E-state index in [1.807, 2.05) is 6.92 Å². The zero-order valence-corrected chi connectivity index (χ0v) is 19.4. The first-order valence-corrected chi connectivity index (χ1v) is 11.2. The number of likely N-dealkylation sites (tertiary alicyclic amines) is 1. The van der Waals surface area contributed by atoms with Gasteiger partial charge in [-0.1, -0.05) is 15.9 Å². The standard InChI is InChI=1S/C22H25BrFN5O2/c1-13(2)28-8-4-5-15(11-28)12-29-14(3)26-21-20(22(29)30)27-19(10-25-21)31-18-7-6-16(23)9-17(18)24/h6-7,9-10,13,15H,4-5,8,11-12H2,1-3H3/t15-/m0/s1. The Bertz CT molecular complexity index is 1170. The van der Waals surface area contributed by atoms with Gasteiger partial charge in [-0.15, -0.1) is 0 Å². The van der Waals surface area contributed by atoms with Crippen molar-refractivity contribution in [2.24, 2.45) is 5.92 Å². The second-order valence-electron chi connectivity index (χ2n) is 8.23. The molecule has 1 atom stereocenters. The lowest BCUT2D eigenvalue weighted by Crippen LogP contribution is -2.42. The molecular weight excluding hydrogens is 465 g/mol. The smallest absolute Gasteiger partial charge is 0.281 e. The fourth-order valence-corrected chi connectivity index (χ4v) is 4.32. The van der Waals surface area contributed by atoms with Crippen LogP contribution in [0.4, 0.5) is 4.39 Å². The van der Waals surface area contributed by atoms with E-state index in [4.69, 9.17) is 4.74 Å². The molecule has 1 aliphatic rings. The van der Waals surface area contributed by atoms with Crippen molar-refractivity contribution in [1.29, 1.82) is 0 Å². The molecule has 4 rings (SSSR count). The van der Waals surface area contributed by atoms with Gasteiger partial charge in [0, 0.05) is 23.6 Å². The van der Waals surface area contributed by atoms with Crippen molar-refractivity contribution in [3.05, 3.63) is 50.9 Å². The van der Waals surface area contributed by atoms with Crippen LogP contribution in [0.2, 0.25) is 0 Å². The summed E-state index contributed by atoms with van der Waals surface area (Å²) in [6.07, 6.45) is 3.54. The normalized spacial score (nSPS) is 17.4. The maximum atomic E-state index is 14.1. The Balaban J connectivity index is 1.64. The Morgan fingerprint density at radius 1 is 1.32 bits per heavy atom. The minimum atomic E-state index is -0.539. The molecule has 0 unspecified atom stereocenters. The van der Waals surface area contributed by atoms with E-state index in [0.717, 1.165) is 25.9 Å². The predicted molar refractivity (Wildman–Crippen MR) is 120 cm³/mol. The summed E-state index contributed by atoms with van der Waals surface area (Å²) in [7, 11) is 0. The van der Waals surface area contributed by atoms with Crippen molar-refractivity contribution in [3.63, 3.8) is 0 Å². The molecule has 0 N–H and O–H groups in total. The van der Waals surface area contributed by atoms with Crippen molar-refractivity contribution < 1.29 is 9.13 Å². The molecule has 9 heteroatoms. The lowest BCUT2D eigenvalue weighted by atomic mass is 9.97. The molecule has 0 amide bonds. The maximum absolute atomic E-state index is 14.1. The van der Waals surface area contributed by atoms with Gasteiger partial charge in [0.15, 0.2) is 22.7 Å². The fraction of sp³-hybridized carbons (Fsp3) is 0.455. The minimum absolute atomic E-state index is 0.00762. The highest BCUT2D eigenvalue weighted by Gasteiger charge is 2.23. The molecule has 7 nitrogen and oxygen atoms in total. The number of benzene rings is 1. The average molecular weight is 490 g/mol. The van der Waals surface area contributed by atoms with Crippen LogP contribution in [-0.4, -0.2) is 43.6 Å². The van der Waals surface area contributed by atoms with Crippen molar-refractivity contribution in [3.8, 4) is 11.6 Å². The van der Waals surface area contributed by atoms with Crippen LogP contribution in [0.3, 0.4) is 0 Å². The van der Waals surface area contributed by atoms with Gasteiger partial charge in [0.1, 0.15) is 5.82 Å². The Morgan fingerprint density at radius 3 is 2.87 bits per heavy atom. The van der Waals surface area contributed by atoms with Crippen LogP contribution in [0.15, 0.2) is 33.7 Å². The second-order valence-corrected chi connectivity index (χ2v) is 9.14. The molecule has 0 aliphatic carbocycles. The van der Waals surface area contributed by atoms with Crippen LogP contribution in [-0.2, 0) is 6.54 Å². The van der Waals surface area contributed by atoms with Crippen LogP contribution in [0.5, 0.6) is 11.6 Å². The molecular formula is C22H25BrFN5O2. The van der Waals surface area contributed by atoms with E-state index in [9.17, 15) is 9.18 Å². The molecule has 1 fully saturated rings. The Kier molecular flexibility index (Phi) is 6.34. The monoisotopic (exact) mass is 489 g/mol. The first kappa shape index (κ1) is 21.8. The zero-order chi connectivity index (χ0) is 22.1. The third-order valence-electron chi connectivity index (χ3n) is 5.67.